The third-order valence-electron chi connectivity index (χ3n) is 2.34. The van der Waals surface area contributed by atoms with E-state index in [1.807, 2.05) is 6.92 Å². The maximum atomic E-state index is 11.7. The van der Waals surface area contributed by atoms with E-state index in [4.69, 9.17) is 5.11 Å². The number of nitrogens with one attached hydrogen (secondary N) is 1. The molecule has 1 atom stereocenters. The van der Waals surface area contributed by atoms with Crippen LogP contribution in [0, 0.1) is 0 Å². The van der Waals surface area contributed by atoms with Gasteiger partial charge in [0.25, 0.3) is 5.91 Å². The fourth-order valence-electron chi connectivity index (χ4n) is 1.46. The van der Waals surface area contributed by atoms with E-state index in [0.717, 1.165) is 0 Å². The molecule has 94 valence electrons. The highest BCUT2D eigenvalue weighted by molar-refractivity contribution is 5.92. The van der Waals surface area contributed by atoms with Crippen molar-refractivity contribution < 1.29 is 14.7 Å². The molecule has 0 saturated carbocycles. The molecule has 0 aliphatic rings. The van der Waals surface area contributed by atoms with Gasteiger partial charge in [-0.1, -0.05) is 0 Å². The number of aliphatic carboxylic acids is 1. The number of amides is 1. The predicted molar refractivity (Wildman–Crippen MR) is 61.6 cm³/mol. The Labute approximate surface area is 99.7 Å². The maximum absolute atomic E-state index is 11.7. The van der Waals surface area contributed by atoms with Gasteiger partial charge in [-0.15, -0.1) is 0 Å². The monoisotopic (exact) mass is 239 g/mol. The van der Waals surface area contributed by atoms with Crippen LogP contribution in [0.4, 0.5) is 0 Å². The largest absolute Gasteiger partial charge is 0.481 e. The highest BCUT2D eigenvalue weighted by atomic mass is 16.4. The van der Waals surface area contributed by atoms with E-state index < -0.39 is 5.97 Å². The molecule has 0 aliphatic carbocycles. The van der Waals surface area contributed by atoms with Gasteiger partial charge in [-0.3, -0.25) is 9.59 Å². The molecular formula is C11H17N3O3. The molecular weight excluding hydrogens is 222 g/mol. The molecule has 1 amide bonds. The summed E-state index contributed by atoms with van der Waals surface area (Å²) in [4.78, 5) is 25.9. The zero-order valence-electron chi connectivity index (χ0n) is 10.0. The molecule has 1 aromatic heterocycles. The molecule has 1 aromatic rings. The van der Waals surface area contributed by atoms with Gasteiger partial charge in [0.05, 0.1) is 6.33 Å². The van der Waals surface area contributed by atoms with Crippen LogP contribution in [0.15, 0.2) is 12.5 Å². The van der Waals surface area contributed by atoms with Crippen molar-refractivity contribution in [2.24, 2.45) is 7.05 Å². The second kappa shape index (κ2) is 6.03. The lowest BCUT2D eigenvalue weighted by Crippen LogP contribution is -2.32. The van der Waals surface area contributed by atoms with E-state index in [1.54, 1.807) is 24.1 Å². The molecule has 0 bridgehead atoms. The molecule has 0 saturated heterocycles. The summed E-state index contributed by atoms with van der Waals surface area (Å²) in [6, 6.07) is -0.0520. The van der Waals surface area contributed by atoms with Crippen LogP contribution >= 0.6 is 0 Å². The van der Waals surface area contributed by atoms with Gasteiger partial charge in [-0.05, 0) is 19.8 Å². The normalized spacial score (nSPS) is 12.1. The van der Waals surface area contributed by atoms with Gasteiger partial charge in [-0.25, -0.2) is 4.98 Å². The average molecular weight is 239 g/mol. The minimum atomic E-state index is -0.812. The number of aryl methyl sites for hydroxylation is 1. The van der Waals surface area contributed by atoms with Crippen molar-refractivity contribution in [2.45, 2.75) is 32.2 Å². The van der Waals surface area contributed by atoms with Crippen LogP contribution in [-0.4, -0.2) is 32.6 Å². The van der Waals surface area contributed by atoms with E-state index in [2.05, 4.69) is 10.3 Å². The Morgan fingerprint density at radius 1 is 1.59 bits per heavy atom. The standard InChI is InChI=1S/C11H17N3O3/c1-8(4-3-5-10(15)16)13-11(17)9-6-14(2)7-12-9/h6-8H,3-5H2,1-2H3,(H,13,17)(H,15,16). The molecule has 1 rings (SSSR count). The maximum Gasteiger partial charge on any atom is 0.303 e. The van der Waals surface area contributed by atoms with E-state index in [1.165, 1.54) is 0 Å². The van der Waals surface area contributed by atoms with Crippen LogP contribution in [0.2, 0.25) is 0 Å². The number of hydrogen-bond donors (Lipinski definition) is 2. The van der Waals surface area contributed by atoms with Crippen LogP contribution < -0.4 is 5.32 Å². The molecule has 0 aromatic carbocycles. The highest BCUT2D eigenvalue weighted by Gasteiger charge is 2.12. The number of rotatable bonds is 6. The van der Waals surface area contributed by atoms with Crippen molar-refractivity contribution in [3.05, 3.63) is 18.2 Å². The third-order valence-corrected chi connectivity index (χ3v) is 2.34. The van der Waals surface area contributed by atoms with Gasteiger partial charge < -0.3 is 15.0 Å². The average Bonchev–Trinajstić information content (AvgIpc) is 2.64. The Morgan fingerprint density at radius 3 is 2.82 bits per heavy atom. The van der Waals surface area contributed by atoms with Crippen molar-refractivity contribution in [2.75, 3.05) is 0 Å². The number of carbonyl (C=O) groups excluding carboxylic acids is 1. The molecule has 0 aliphatic heterocycles. The molecule has 0 spiro atoms. The van der Waals surface area contributed by atoms with Crippen LogP contribution in [0.1, 0.15) is 36.7 Å². The highest BCUT2D eigenvalue weighted by Crippen LogP contribution is 2.02. The zero-order chi connectivity index (χ0) is 12.8. The van der Waals surface area contributed by atoms with Crippen LogP contribution in [0.25, 0.3) is 0 Å². The van der Waals surface area contributed by atoms with Gasteiger partial charge in [0.15, 0.2) is 0 Å². The molecule has 0 radical (unpaired) electrons. The molecule has 2 N–H and O–H groups in total. The number of hydrogen-bond acceptors (Lipinski definition) is 3. The first-order chi connectivity index (χ1) is 7.99. The fourth-order valence-corrected chi connectivity index (χ4v) is 1.46. The van der Waals surface area contributed by atoms with Crippen molar-refractivity contribution in [1.29, 1.82) is 0 Å². The van der Waals surface area contributed by atoms with E-state index in [9.17, 15) is 9.59 Å². The second-order valence-corrected chi connectivity index (χ2v) is 4.08. The molecule has 17 heavy (non-hydrogen) atoms. The summed E-state index contributed by atoms with van der Waals surface area (Å²) >= 11 is 0. The van der Waals surface area contributed by atoms with Gasteiger partial charge in [0.1, 0.15) is 5.69 Å². The summed E-state index contributed by atoms with van der Waals surface area (Å²) < 4.78 is 1.70. The number of aromatic nitrogens is 2. The van der Waals surface area contributed by atoms with Gasteiger partial charge in [0.2, 0.25) is 0 Å². The first kappa shape index (κ1) is 13.2. The lowest BCUT2D eigenvalue weighted by Gasteiger charge is -2.11. The number of carboxylic acid groups (broad SMARTS) is 1. The van der Waals surface area contributed by atoms with Crippen molar-refractivity contribution >= 4 is 11.9 Å². The van der Waals surface area contributed by atoms with Gasteiger partial charge in [0, 0.05) is 25.7 Å². The van der Waals surface area contributed by atoms with Crippen molar-refractivity contribution in [3.8, 4) is 0 Å². The summed E-state index contributed by atoms with van der Waals surface area (Å²) in [6.45, 7) is 1.85. The first-order valence-corrected chi connectivity index (χ1v) is 5.49. The van der Waals surface area contributed by atoms with Crippen LogP contribution in [0.3, 0.4) is 0 Å². The molecule has 6 heteroatoms. The Balaban J connectivity index is 2.33. The Kier molecular flexibility index (Phi) is 4.68. The minimum absolute atomic E-state index is 0.0520. The number of imidazole rings is 1. The smallest absolute Gasteiger partial charge is 0.303 e. The number of carbonyl (C=O) groups is 2. The number of nitrogens with zero attached hydrogens (tertiary/aromatic N) is 2. The first-order valence-electron chi connectivity index (χ1n) is 5.49. The summed E-state index contributed by atoms with van der Waals surface area (Å²) in [5.74, 6) is -1.04. The fraction of sp³-hybridized carbons (Fsp3) is 0.545. The van der Waals surface area contributed by atoms with Crippen molar-refractivity contribution in [3.63, 3.8) is 0 Å². The Morgan fingerprint density at radius 2 is 2.29 bits per heavy atom. The van der Waals surface area contributed by atoms with Gasteiger partial charge in [-0.2, -0.15) is 0 Å². The quantitative estimate of drug-likeness (QED) is 0.768. The predicted octanol–water partition coefficient (Wildman–Crippen LogP) is 0.793. The lowest BCUT2D eigenvalue weighted by atomic mass is 10.1. The Bertz CT molecular complexity index is 400. The topological polar surface area (TPSA) is 84.2 Å². The summed E-state index contributed by atoms with van der Waals surface area (Å²) in [6.07, 6.45) is 4.52. The molecule has 0 fully saturated rings. The summed E-state index contributed by atoms with van der Waals surface area (Å²) in [7, 11) is 1.79. The van der Waals surface area contributed by atoms with E-state index in [0.29, 0.717) is 18.5 Å². The van der Waals surface area contributed by atoms with Crippen LogP contribution in [-0.2, 0) is 11.8 Å². The SMILES string of the molecule is CC(CCCC(=O)O)NC(=O)c1cn(C)cn1. The van der Waals surface area contributed by atoms with Gasteiger partial charge >= 0.3 is 5.97 Å². The second-order valence-electron chi connectivity index (χ2n) is 4.08. The lowest BCUT2D eigenvalue weighted by molar-refractivity contribution is -0.137. The van der Waals surface area contributed by atoms with Crippen molar-refractivity contribution in [1.82, 2.24) is 14.9 Å². The molecule has 1 unspecified atom stereocenters. The van der Waals surface area contributed by atoms with E-state index >= 15 is 0 Å². The molecule has 1 heterocycles. The molecule has 6 nitrogen and oxygen atoms in total. The zero-order valence-corrected chi connectivity index (χ0v) is 10.0. The number of carboxylic acids is 1. The summed E-state index contributed by atoms with van der Waals surface area (Å²) in [5.41, 5.74) is 0.373. The summed E-state index contributed by atoms with van der Waals surface area (Å²) in [5, 5.41) is 11.3. The van der Waals surface area contributed by atoms with Crippen LogP contribution in [0.5, 0.6) is 0 Å². The third kappa shape index (κ3) is 4.67. The van der Waals surface area contributed by atoms with E-state index in [-0.39, 0.29) is 18.4 Å². The minimum Gasteiger partial charge on any atom is -0.481 e. The Hall–Kier alpha value is -1.85.